The van der Waals surface area contributed by atoms with Gasteiger partial charge in [0, 0.05) is 36.0 Å². The number of hydrogen-bond acceptors (Lipinski definition) is 4. The number of aromatic nitrogens is 3. The molecule has 1 aliphatic rings. The third-order valence-electron chi connectivity index (χ3n) is 3.94. The third-order valence-corrected chi connectivity index (χ3v) is 5.08. The average Bonchev–Trinajstić information content (AvgIpc) is 3.07. The number of fused-ring (bicyclic) bond motifs is 1. The Kier molecular flexibility index (Phi) is 3.98. The molecule has 0 saturated carbocycles. The Labute approximate surface area is 124 Å². The summed E-state index contributed by atoms with van der Waals surface area (Å²) in [6.45, 7) is 5.24. The molecule has 20 heavy (non-hydrogen) atoms. The predicted molar refractivity (Wildman–Crippen MR) is 85.1 cm³/mol. The van der Waals surface area contributed by atoms with Crippen LogP contribution < -0.4 is 0 Å². The molecule has 0 aromatic carbocycles. The molecular weight excluding hydrogens is 268 g/mol. The highest BCUT2D eigenvalue weighted by molar-refractivity contribution is 7.99. The molecule has 0 aliphatic carbocycles. The van der Waals surface area contributed by atoms with E-state index in [9.17, 15) is 0 Å². The van der Waals surface area contributed by atoms with Gasteiger partial charge in [0.05, 0.1) is 6.20 Å². The standard InChI is InChI=1S/C15H22N4S/c1-11(2)19-15-13(8-17-19)6-12(7-16-15)9-18(3)14-4-5-20-10-14/h6-8,11,14H,4-5,9-10H2,1-3H3/t14-/m0/s1. The second-order valence-electron chi connectivity index (χ2n) is 5.87. The van der Waals surface area contributed by atoms with E-state index in [1.807, 2.05) is 17.1 Å². The zero-order valence-electron chi connectivity index (χ0n) is 12.4. The van der Waals surface area contributed by atoms with Crippen LogP contribution in [0.4, 0.5) is 0 Å². The van der Waals surface area contributed by atoms with E-state index in [0.29, 0.717) is 12.1 Å². The molecule has 0 amide bonds. The zero-order chi connectivity index (χ0) is 14.1. The normalized spacial score (nSPS) is 19.6. The van der Waals surface area contributed by atoms with Crippen molar-refractivity contribution in [3.05, 3.63) is 24.0 Å². The Morgan fingerprint density at radius 1 is 1.45 bits per heavy atom. The summed E-state index contributed by atoms with van der Waals surface area (Å²) in [4.78, 5) is 7.06. The lowest BCUT2D eigenvalue weighted by Crippen LogP contribution is -2.30. The lowest BCUT2D eigenvalue weighted by Gasteiger charge is -2.23. The largest absolute Gasteiger partial charge is 0.298 e. The van der Waals surface area contributed by atoms with E-state index < -0.39 is 0 Å². The van der Waals surface area contributed by atoms with Gasteiger partial charge in [-0.1, -0.05) is 0 Å². The van der Waals surface area contributed by atoms with Crippen molar-refractivity contribution >= 4 is 22.8 Å². The van der Waals surface area contributed by atoms with Crippen LogP contribution in [-0.2, 0) is 6.54 Å². The molecular formula is C15H22N4S. The van der Waals surface area contributed by atoms with Crippen molar-refractivity contribution < 1.29 is 0 Å². The molecule has 1 atom stereocenters. The second-order valence-corrected chi connectivity index (χ2v) is 7.02. The summed E-state index contributed by atoms with van der Waals surface area (Å²) in [6.07, 6.45) is 5.24. The highest BCUT2D eigenvalue weighted by Gasteiger charge is 2.20. The molecule has 0 bridgehead atoms. The van der Waals surface area contributed by atoms with Crippen LogP contribution in [0.25, 0.3) is 11.0 Å². The third kappa shape index (κ3) is 2.69. The van der Waals surface area contributed by atoms with E-state index in [2.05, 4.69) is 53.7 Å². The minimum Gasteiger partial charge on any atom is -0.298 e. The summed E-state index contributed by atoms with van der Waals surface area (Å²) in [6, 6.07) is 3.30. The van der Waals surface area contributed by atoms with Crippen molar-refractivity contribution in [3.8, 4) is 0 Å². The molecule has 108 valence electrons. The van der Waals surface area contributed by atoms with Gasteiger partial charge in [-0.3, -0.25) is 4.90 Å². The van der Waals surface area contributed by atoms with Gasteiger partial charge in [-0.25, -0.2) is 9.67 Å². The molecule has 3 heterocycles. The Morgan fingerprint density at radius 2 is 2.30 bits per heavy atom. The van der Waals surface area contributed by atoms with Gasteiger partial charge < -0.3 is 0 Å². The Bertz CT molecular complexity index is 587. The highest BCUT2D eigenvalue weighted by atomic mass is 32.2. The summed E-state index contributed by atoms with van der Waals surface area (Å²) in [5.74, 6) is 2.56. The minimum atomic E-state index is 0.351. The van der Waals surface area contributed by atoms with E-state index in [1.54, 1.807) is 0 Å². The van der Waals surface area contributed by atoms with E-state index in [0.717, 1.165) is 17.6 Å². The molecule has 3 rings (SSSR count). The fourth-order valence-corrected chi connectivity index (χ4v) is 4.04. The van der Waals surface area contributed by atoms with Gasteiger partial charge in [0.2, 0.25) is 0 Å². The van der Waals surface area contributed by atoms with Gasteiger partial charge in [0.25, 0.3) is 0 Å². The quantitative estimate of drug-likeness (QED) is 0.867. The van der Waals surface area contributed by atoms with Crippen LogP contribution in [0.1, 0.15) is 31.9 Å². The van der Waals surface area contributed by atoms with Gasteiger partial charge in [0.15, 0.2) is 5.65 Å². The highest BCUT2D eigenvalue weighted by Crippen LogP contribution is 2.23. The van der Waals surface area contributed by atoms with E-state index >= 15 is 0 Å². The van der Waals surface area contributed by atoms with Gasteiger partial charge in [0.1, 0.15) is 0 Å². The van der Waals surface area contributed by atoms with E-state index in [1.165, 1.54) is 23.5 Å². The Balaban J connectivity index is 1.79. The van der Waals surface area contributed by atoms with Crippen LogP contribution in [0, 0.1) is 0 Å². The van der Waals surface area contributed by atoms with Crippen LogP contribution in [0.5, 0.6) is 0 Å². The molecule has 2 aromatic heterocycles. The lowest BCUT2D eigenvalue weighted by molar-refractivity contribution is 0.254. The number of pyridine rings is 1. The second kappa shape index (κ2) is 5.74. The minimum absolute atomic E-state index is 0.351. The molecule has 0 N–H and O–H groups in total. The predicted octanol–water partition coefficient (Wildman–Crippen LogP) is 2.95. The first kappa shape index (κ1) is 13.9. The zero-order valence-corrected chi connectivity index (χ0v) is 13.2. The molecule has 4 nitrogen and oxygen atoms in total. The molecule has 1 saturated heterocycles. The first-order valence-electron chi connectivity index (χ1n) is 7.25. The van der Waals surface area contributed by atoms with Crippen LogP contribution in [0.2, 0.25) is 0 Å². The van der Waals surface area contributed by atoms with Crippen molar-refractivity contribution in [1.29, 1.82) is 0 Å². The van der Waals surface area contributed by atoms with Gasteiger partial charge in [-0.05, 0) is 44.7 Å². The number of rotatable bonds is 4. The van der Waals surface area contributed by atoms with Crippen molar-refractivity contribution in [2.45, 2.75) is 38.9 Å². The van der Waals surface area contributed by atoms with E-state index in [-0.39, 0.29) is 0 Å². The summed E-state index contributed by atoms with van der Waals surface area (Å²) >= 11 is 2.06. The van der Waals surface area contributed by atoms with Crippen molar-refractivity contribution in [2.75, 3.05) is 18.6 Å². The fourth-order valence-electron chi connectivity index (χ4n) is 2.74. The average molecular weight is 290 g/mol. The smallest absolute Gasteiger partial charge is 0.157 e. The number of hydrogen-bond donors (Lipinski definition) is 0. The summed E-state index contributed by atoms with van der Waals surface area (Å²) in [5, 5.41) is 5.57. The summed E-state index contributed by atoms with van der Waals surface area (Å²) < 4.78 is 1.98. The van der Waals surface area contributed by atoms with Crippen molar-refractivity contribution in [3.63, 3.8) is 0 Å². The summed E-state index contributed by atoms with van der Waals surface area (Å²) in [7, 11) is 2.22. The van der Waals surface area contributed by atoms with Crippen LogP contribution in [0.15, 0.2) is 18.5 Å². The first-order valence-corrected chi connectivity index (χ1v) is 8.40. The molecule has 1 fully saturated rings. The topological polar surface area (TPSA) is 34.0 Å². The lowest BCUT2D eigenvalue weighted by atomic mass is 10.2. The Morgan fingerprint density at radius 3 is 3.00 bits per heavy atom. The van der Waals surface area contributed by atoms with Crippen LogP contribution in [-0.4, -0.2) is 44.3 Å². The molecule has 0 unspecified atom stereocenters. The van der Waals surface area contributed by atoms with Gasteiger partial charge in [-0.2, -0.15) is 16.9 Å². The van der Waals surface area contributed by atoms with Gasteiger partial charge in [-0.15, -0.1) is 0 Å². The number of thioether (sulfide) groups is 1. The molecule has 5 heteroatoms. The molecule has 1 aliphatic heterocycles. The van der Waals surface area contributed by atoms with E-state index in [4.69, 9.17) is 0 Å². The van der Waals surface area contributed by atoms with Crippen molar-refractivity contribution in [1.82, 2.24) is 19.7 Å². The molecule has 2 aromatic rings. The van der Waals surface area contributed by atoms with Crippen LogP contribution >= 0.6 is 11.8 Å². The summed E-state index contributed by atoms with van der Waals surface area (Å²) in [5.41, 5.74) is 2.27. The molecule has 0 radical (unpaired) electrons. The maximum absolute atomic E-state index is 4.61. The number of nitrogens with zero attached hydrogens (tertiary/aromatic N) is 4. The SMILES string of the molecule is CC(C)n1ncc2cc(CN(C)[C@H]3CCSC3)cnc21. The fraction of sp³-hybridized carbons (Fsp3) is 0.600. The maximum atomic E-state index is 4.61. The molecule has 0 spiro atoms. The van der Waals surface area contributed by atoms with Crippen molar-refractivity contribution in [2.24, 2.45) is 0 Å². The first-order chi connectivity index (χ1) is 9.65. The maximum Gasteiger partial charge on any atom is 0.157 e. The Hall–Kier alpha value is -1.07. The van der Waals surface area contributed by atoms with Gasteiger partial charge >= 0.3 is 0 Å². The monoisotopic (exact) mass is 290 g/mol. The van der Waals surface area contributed by atoms with Crippen LogP contribution in [0.3, 0.4) is 0 Å².